The number of nitrogens with one attached hydrogen (secondary N) is 1. The topological polar surface area (TPSA) is 32.9 Å². The third-order valence-corrected chi connectivity index (χ3v) is 3.57. The number of hydrogen-bond acceptors (Lipinski definition) is 1. The predicted octanol–water partition coefficient (Wildman–Crippen LogP) is 3.56. The maximum Gasteiger partial charge on any atom is 0.203 e. The van der Waals surface area contributed by atoms with Gasteiger partial charge in [-0.3, -0.25) is 4.79 Å². The van der Waals surface area contributed by atoms with E-state index >= 15 is 0 Å². The summed E-state index contributed by atoms with van der Waals surface area (Å²) in [6.07, 6.45) is 0. The quantitative estimate of drug-likeness (QED) is 0.789. The number of rotatable bonds is 0. The van der Waals surface area contributed by atoms with Gasteiger partial charge in [0.2, 0.25) is 5.43 Å². The van der Waals surface area contributed by atoms with Crippen LogP contribution in [0.15, 0.2) is 21.4 Å². The molecule has 1 heterocycles. The Morgan fingerprint density at radius 3 is 2.67 bits per heavy atom. The van der Waals surface area contributed by atoms with E-state index in [9.17, 15) is 4.79 Å². The van der Waals surface area contributed by atoms with Crippen LogP contribution in [0.2, 0.25) is 5.02 Å². The van der Waals surface area contributed by atoms with Gasteiger partial charge in [-0.05, 0) is 47.5 Å². The van der Waals surface area contributed by atoms with Crippen LogP contribution in [-0.2, 0) is 0 Å². The Bertz CT molecular complexity index is 604. The summed E-state index contributed by atoms with van der Waals surface area (Å²) in [7, 11) is 0. The lowest BCUT2D eigenvalue weighted by Gasteiger charge is -2.05. The molecule has 2 aromatic rings. The van der Waals surface area contributed by atoms with Crippen LogP contribution in [0.1, 0.15) is 11.3 Å². The Hall–Kier alpha value is -0.800. The summed E-state index contributed by atoms with van der Waals surface area (Å²) in [5, 5.41) is 1.20. The average molecular weight is 287 g/mol. The Morgan fingerprint density at radius 2 is 2.00 bits per heavy atom. The fourth-order valence-electron chi connectivity index (χ4n) is 1.58. The van der Waals surface area contributed by atoms with Crippen molar-refractivity contribution < 1.29 is 0 Å². The molecule has 0 aliphatic heterocycles. The van der Waals surface area contributed by atoms with Crippen LogP contribution in [0.5, 0.6) is 0 Å². The van der Waals surface area contributed by atoms with E-state index in [1.165, 1.54) is 0 Å². The van der Waals surface area contributed by atoms with E-state index in [4.69, 9.17) is 11.6 Å². The zero-order valence-electron chi connectivity index (χ0n) is 8.32. The van der Waals surface area contributed by atoms with Crippen LogP contribution in [0.3, 0.4) is 0 Å². The number of halogens is 2. The number of aryl methyl sites for hydroxylation is 2. The summed E-state index contributed by atoms with van der Waals surface area (Å²) in [4.78, 5) is 15.0. The summed E-state index contributed by atoms with van der Waals surface area (Å²) in [5.41, 5.74) is 2.45. The SMILES string of the molecule is Cc1cc(Cl)c2[nH]c(C)c(Br)c(=O)c2c1. The summed E-state index contributed by atoms with van der Waals surface area (Å²) in [5.74, 6) is 0. The van der Waals surface area contributed by atoms with Crippen molar-refractivity contribution in [1.29, 1.82) is 0 Å². The van der Waals surface area contributed by atoms with Gasteiger partial charge in [0, 0.05) is 11.1 Å². The Kier molecular flexibility index (Phi) is 2.61. The van der Waals surface area contributed by atoms with Crippen LogP contribution in [0.25, 0.3) is 10.9 Å². The zero-order valence-corrected chi connectivity index (χ0v) is 10.7. The molecule has 0 spiro atoms. The lowest BCUT2D eigenvalue weighted by molar-refractivity contribution is 1.21. The van der Waals surface area contributed by atoms with Crippen LogP contribution < -0.4 is 5.43 Å². The fourth-order valence-corrected chi connectivity index (χ4v) is 2.21. The Labute approximate surface area is 100 Å². The van der Waals surface area contributed by atoms with Gasteiger partial charge < -0.3 is 4.98 Å². The van der Waals surface area contributed by atoms with Crippen LogP contribution >= 0.6 is 27.5 Å². The standard InChI is InChI=1S/C11H9BrClNO/c1-5-3-7-10(8(13)4-5)14-6(2)9(12)11(7)15/h3-4H,1-2H3,(H,14,15). The summed E-state index contributed by atoms with van der Waals surface area (Å²) >= 11 is 9.34. The van der Waals surface area contributed by atoms with Crippen molar-refractivity contribution in [1.82, 2.24) is 4.98 Å². The Balaban J connectivity index is 3.06. The number of hydrogen-bond donors (Lipinski definition) is 1. The van der Waals surface area contributed by atoms with Crippen molar-refractivity contribution in [2.45, 2.75) is 13.8 Å². The molecule has 2 nitrogen and oxygen atoms in total. The molecule has 15 heavy (non-hydrogen) atoms. The largest absolute Gasteiger partial charge is 0.356 e. The molecule has 78 valence electrons. The van der Waals surface area contributed by atoms with E-state index in [-0.39, 0.29) is 5.43 Å². The number of pyridine rings is 1. The summed E-state index contributed by atoms with van der Waals surface area (Å²) < 4.78 is 0.566. The Morgan fingerprint density at radius 1 is 1.33 bits per heavy atom. The highest BCUT2D eigenvalue weighted by Crippen LogP contribution is 2.23. The molecule has 1 aromatic carbocycles. The van der Waals surface area contributed by atoms with E-state index in [1.54, 1.807) is 0 Å². The second-order valence-electron chi connectivity index (χ2n) is 3.56. The highest BCUT2D eigenvalue weighted by Gasteiger charge is 2.09. The first kappa shape index (κ1) is 10.7. The first-order chi connectivity index (χ1) is 7.00. The predicted molar refractivity (Wildman–Crippen MR) is 66.8 cm³/mol. The second-order valence-corrected chi connectivity index (χ2v) is 4.76. The molecule has 4 heteroatoms. The van der Waals surface area contributed by atoms with Gasteiger partial charge in [0.1, 0.15) is 0 Å². The van der Waals surface area contributed by atoms with Crippen molar-refractivity contribution in [3.8, 4) is 0 Å². The zero-order chi connectivity index (χ0) is 11.2. The van der Waals surface area contributed by atoms with E-state index in [0.717, 1.165) is 11.3 Å². The molecule has 0 fully saturated rings. The molecule has 1 N–H and O–H groups in total. The lowest BCUT2D eigenvalue weighted by Crippen LogP contribution is -2.07. The van der Waals surface area contributed by atoms with Gasteiger partial charge in [-0.25, -0.2) is 0 Å². The highest BCUT2D eigenvalue weighted by molar-refractivity contribution is 9.10. The van der Waals surface area contributed by atoms with Crippen molar-refractivity contribution in [3.05, 3.63) is 43.1 Å². The highest BCUT2D eigenvalue weighted by atomic mass is 79.9. The average Bonchev–Trinajstić information content (AvgIpc) is 2.17. The summed E-state index contributed by atoms with van der Waals surface area (Å²) in [6.45, 7) is 3.75. The number of fused-ring (bicyclic) bond motifs is 1. The molecule has 0 amide bonds. The minimum atomic E-state index is -0.0214. The number of aromatic amines is 1. The molecule has 0 unspecified atom stereocenters. The molecule has 2 rings (SSSR count). The first-order valence-electron chi connectivity index (χ1n) is 4.49. The van der Waals surface area contributed by atoms with Gasteiger partial charge in [0.25, 0.3) is 0 Å². The van der Waals surface area contributed by atoms with Crippen molar-refractivity contribution in [3.63, 3.8) is 0 Å². The first-order valence-corrected chi connectivity index (χ1v) is 5.66. The van der Waals surface area contributed by atoms with Crippen LogP contribution in [0.4, 0.5) is 0 Å². The third kappa shape index (κ3) is 1.70. The van der Waals surface area contributed by atoms with Crippen molar-refractivity contribution >= 4 is 38.4 Å². The number of benzene rings is 1. The fraction of sp³-hybridized carbons (Fsp3) is 0.182. The van der Waals surface area contributed by atoms with E-state index < -0.39 is 0 Å². The maximum absolute atomic E-state index is 11.9. The monoisotopic (exact) mass is 285 g/mol. The maximum atomic E-state index is 11.9. The molecule has 0 bridgehead atoms. The van der Waals surface area contributed by atoms with Crippen LogP contribution in [0, 0.1) is 13.8 Å². The van der Waals surface area contributed by atoms with Crippen LogP contribution in [-0.4, -0.2) is 4.98 Å². The third-order valence-electron chi connectivity index (χ3n) is 2.32. The normalized spacial score (nSPS) is 10.9. The minimum absolute atomic E-state index is 0.0214. The molecular weight excluding hydrogens is 277 g/mol. The molecular formula is C11H9BrClNO. The van der Waals surface area contributed by atoms with Crippen molar-refractivity contribution in [2.75, 3.05) is 0 Å². The van der Waals surface area contributed by atoms with Gasteiger partial charge in [0.05, 0.1) is 15.0 Å². The molecule has 0 atom stereocenters. The number of H-pyrrole nitrogens is 1. The molecule has 0 radical (unpaired) electrons. The van der Waals surface area contributed by atoms with Gasteiger partial charge in [0.15, 0.2) is 0 Å². The minimum Gasteiger partial charge on any atom is -0.356 e. The van der Waals surface area contributed by atoms with E-state index in [0.29, 0.717) is 20.4 Å². The van der Waals surface area contributed by atoms with E-state index in [1.807, 2.05) is 26.0 Å². The molecule has 1 aromatic heterocycles. The molecule has 0 aliphatic rings. The van der Waals surface area contributed by atoms with Crippen molar-refractivity contribution in [2.24, 2.45) is 0 Å². The van der Waals surface area contributed by atoms with Gasteiger partial charge in [-0.15, -0.1) is 0 Å². The lowest BCUT2D eigenvalue weighted by atomic mass is 10.1. The molecule has 0 saturated heterocycles. The van der Waals surface area contributed by atoms with Gasteiger partial charge in [-0.1, -0.05) is 11.6 Å². The number of aromatic nitrogens is 1. The van der Waals surface area contributed by atoms with Gasteiger partial charge in [-0.2, -0.15) is 0 Å². The summed E-state index contributed by atoms with van der Waals surface area (Å²) in [6, 6.07) is 3.68. The van der Waals surface area contributed by atoms with Gasteiger partial charge >= 0.3 is 0 Å². The van der Waals surface area contributed by atoms with E-state index in [2.05, 4.69) is 20.9 Å². The second kappa shape index (κ2) is 3.65. The molecule has 0 aliphatic carbocycles. The molecule has 0 saturated carbocycles. The smallest absolute Gasteiger partial charge is 0.203 e.